The number of halogens is 2. The Morgan fingerprint density at radius 3 is 2.43 bits per heavy atom. The Morgan fingerprint density at radius 1 is 1.11 bits per heavy atom. The summed E-state index contributed by atoms with van der Waals surface area (Å²) in [6.45, 7) is 1.97. The van der Waals surface area contributed by atoms with E-state index in [0.29, 0.717) is 5.69 Å². The summed E-state index contributed by atoms with van der Waals surface area (Å²) in [5.41, 5.74) is 1.97. The molecule has 2 heterocycles. The highest BCUT2D eigenvalue weighted by Gasteiger charge is 2.54. The second-order valence-corrected chi connectivity index (χ2v) is 9.77. The summed E-state index contributed by atoms with van der Waals surface area (Å²) in [5, 5.41) is 0.218. The number of fused-ring (bicyclic) bond motifs is 1. The van der Waals surface area contributed by atoms with Crippen molar-refractivity contribution in [1.29, 1.82) is 0 Å². The molecule has 0 bridgehead atoms. The quantitative estimate of drug-likeness (QED) is 0.707. The molecule has 8 heteroatoms. The number of hydrogen-bond acceptors (Lipinski definition) is 3. The monoisotopic (exact) mass is 422 g/mol. The van der Waals surface area contributed by atoms with Crippen LogP contribution in [0.5, 0.6) is 0 Å². The summed E-state index contributed by atoms with van der Waals surface area (Å²) in [6.07, 6.45) is 0.868. The van der Waals surface area contributed by atoms with Crippen LogP contribution < -0.4 is 4.90 Å². The summed E-state index contributed by atoms with van der Waals surface area (Å²) >= 11 is 6.13. The molecular weight excluding hydrogens is 403 g/mol. The number of rotatable bonds is 4. The molecule has 2 aliphatic rings. The van der Waals surface area contributed by atoms with Crippen molar-refractivity contribution >= 4 is 33.2 Å². The summed E-state index contributed by atoms with van der Waals surface area (Å²) < 4.78 is 38.9. The van der Waals surface area contributed by atoms with Crippen LogP contribution in [0.2, 0.25) is 5.02 Å². The first-order valence-electron chi connectivity index (χ1n) is 9.13. The summed E-state index contributed by atoms with van der Waals surface area (Å²) in [5.74, 6) is -0.733. The number of nitrogens with zero attached hydrogens (tertiary/aromatic N) is 2. The van der Waals surface area contributed by atoms with E-state index in [9.17, 15) is 17.6 Å². The summed E-state index contributed by atoms with van der Waals surface area (Å²) in [6, 6.07) is 10.5. The van der Waals surface area contributed by atoms with E-state index in [4.69, 9.17) is 11.6 Å². The molecule has 2 saturated heterocycles. The number of amides is 2. The first-order chi connectivity index (χ1) is 13.3. The number of urea groups is 1. The maximum absolute atomic E-state index is 14.3. The van der Waals surface area contributed by atoms with Crippen molar-refractivity contribution < 1.29 is 17.6 Å². The number of hydrogen-bond donors (Lipinski definition) is 0. The van der Waals surface area contributed by atoms with Gasteiger partial charge in [0.1, 0.15) is 5.82 Å². The lowest BCUT2D eigenvalue weighted by atomic mass is 10.1. The molecule has 2 aromatic rings. The molecule has 0 aromatic heterocycles. The number of carbonyl (C=O) groups is 1. The first kappa shape index (κ1) is 19.2. The zero-order valence-corrected chi connectivity index (χ0v) is 16.9. The van der Waals surface area contributed by atoms with Crippen molar-refractivity contribution in [2.24, 2.45) is 0 Å². The van der Waals surface area contributed by atoms with Crippen LogP contribution in [0, 0.1) is 5.82 Å². The maximum Gasteiger partial charge on any atom is 0.325 e. The molecular formula is C20H20ClFN2O3S. The standard InChI is InChI=1S/C20H20ClFN2O3S/c1-2-13-6-8-14(9-7-13)24-19-12-28(26,27)11-18(19)23(20(24)25)10-15-16(21)4-3-5-17(15)22/h3-9,18-19H,2,10-12H2,1H3/t18-,19+/m0/s1. The SMILES string of the molecule is CCc1ccc(N2C(=O)N(Cc3c(F)cccc3Cl)[C@H]3CS(=O)(=O)C[C@H]32)cc1. The third-order valence-electron chi connectivity index (χ3n) is 5.49. The second-order valence-electron chi connectivity index (χ2n) is 7.21. The van der Waals surface area contributed by atoms with Gasteiger partial charge in [-0.1, -0.05) is 36.7 Å². The Balaban J connectivity index is 1.72. The fourth-order valence-corrected chi connectivity index (χ4v) is 6.18. The van der Waals surface area contributed by atoms with E-state index in [1.807, 2.05) is 31.2 Å². The molecule has 0 unspecified atom stereocenters. The lowest BCUT2D eigenvalue weighted by Crippen LogP contribution is -2.37. The van der Waals surface area contributed by atoms with E-state index < -0.39 is 27.7 Å². The van der Waals surface area contributed by atoms with Crippen LogP contribution >= 0.6 is 11.6 Å². The van der Waals surface area contributed by atoms with Crippen LogP contribution in [0.1, 0.15) is 18.1 Å². The fraction of sp³-hybridized carbons (Fsp3) is 0.350. The van der Waals surface area contributed by atoms with Gasteiger partial charge in [-0.3, -0.25) is 4.90 Å². The van der Waals surface area contributed by atoms with Gasteiger partial charge in [-0.15, -0.1) is 0 Å². The Bertz CT molecular complexity index is 1010. The van der Waals surface area contributed by atoms with Gasteiger partial charge < -0.3 is 4.90 Å². The molecule has 0 spiro atoms. The molecule has 2 amide bonds. The molecule has 0 saturated carbocycles. The van der Waals surface area contributed by atoms with Gasteiger partial charge in [-0.25, -0.2) is 17.6 Å². The van der Waals surface area contributed by atoms with E-state index in [2.05, 4.69) is 0 Å². The van der Waals surface area contributed by atoms with Crippen molar-refractivity contribution in [1.82, 2.24) is 4.90 Å². The van der Waals surface area contributed by atoms with Crippen molar-refractivity contribution in [2.45, 2.75) is 32.0 Å². The predicted octanol–water partition coefficient (Wildman–Crippen LogP) is 3.65. The highest BCUT2D eigenvalue weighted by molar-refractivity contribution is 7.91. The molecule has 2 atom stereocenters. The van der Waals surface area contributed by atoms with Crippen LogP contribution in [-0.4, -0.2) is 42.9 Å². The summed E-state index contributed by atoms with van der Waals surface area (Å²) in [4.78, 5) is 16.2. The van der Waals surface area contributed by atoms with Gasteiger partial charge in [0.15, 0.2) is 9.84 Å². The Hall–Kier alpha value is -2.12. The lowest BCUT2D eigenvalue weighted by molar-refractivity contribution is 0.205. The van der Waals surface area contributed by atoms with E-state index in [0.717, 1.165) is 12.0 Å². The zero-order chi connectivity index (χ0) is 20.1. The molecule has 0 N–H and O–H groups in total. The third-order valence-corrected chi connectivity index (χ3v) is 7.54. The molecule has 148 valence electrons. The maximum atomic E-state index is 14.3. The van der Waals surface area contributed by atoms with Crippen LogP contribution in [-0.2, 0) is 22.8 Å². The van der Waals surface area contributed by atoms with E-state index in [-0.39, 0.29) is 34.7 Å². The Labute approximate surface area is 168 Å². The van der Waals surface area contributed by atoms with Crippen LogP contribution in [0.15, 0.2) is 42.5 Å². The number of sulfone groups is 1. The number of anilines is 1. The minimum atomic E-state index is -3.29. The second kappa shape index (κ2) is 7.04. The fourth-order valence-electron chi connectivity index (χ4n) is 4.01. The molecule has 5 nitrogen and oxygen atoms in total. The largest absolute Gasteiger partial charge is 0.325 e. The molecule has 28 heavy (non-hydrogen) atoms. The highest BCUT2D eigenvalue weighted by Crippen LogP contribution is 2.37. The van der Waals surface area contributed by atoms with Gasteiger partial charge in [-0.2, -0.15) is 0 Å². The van der Waals surface area contributed by atoms with Crippen molar-refractivity contribution in [3.8, 4) is 0 Å². The molecule has 2 aliphatic heterocycles. The van der Waals surface area contributed by atoms with Gasteiger partial charge in [0.2, 0.25) is 0 Å². The predicted molar refractivity (Wildman–Crippen MR) is 107 cm³/mol. The minimum absolute atomic E-state index is 0.0649. The van der Waals surface area contributed by atoms with Crippen LogP contribution in [0.4, 0.5) is 14.9 Å². The number of aryl methyl sites for hydroxylation is 1. The van der Waals surface area contributed by atoms with Gasteiger partial charge >= 0.3 is 6.03 Å². The minimum Gasteiger partial charge on any atom is -0.314 e. The van der Waals surface area contributed by atoms with E-state index in [1.54, 1.807) is 6.07 Å². The summed E-state index contributed by atoms with van der Waals surface area (Å²) in [7, 11) is -3.29. The number of benzene rings is 2. The Morgan fingerprint density at radius 2 is 1.79 bits per heavy atom. The van der Waals surface area contributed by atoms with E-state index >= 15 is 0 Å². The molecule has 2 fully saturated rings. The normalized spacial score (nSPS) is 23.3. The highest BCUT2D eigenvalue weighted by atomic mass is 35.5. The molecule has 0 aliphatic carbocycles. The Kier molecular flexibility index (Phi) is 4.83. The topological polar surface area (TPSA) is 57.7 Å². The van der Waals surface area contributed by atoms with Crippen LogP contribution in [0.25, 0.3) is 0 Å². The van der Waals surface area contributed by atoms with Gasteiger partial charge in [0, 0.05) is 16.3 Å². The third kappa shape index (κ3) is 3.26. The molecule has 0 radical (unpaired) electrons. The van der Waals surface area contributed by atoms with Gasteiger partial charge in [-0.05, 0) is 36.2 Å². The smallest absolute Gasteiger partial charge is 0.314 e. The zero-order valence-electron chi connectivity index (χ0n) is 15.3. The van der Waals surface area contributed by atoms with Gasteiger partial charge in [0.05, 0.1) is 30.1 Å². The van der Waals surface area contributed by atoms with Crippen molar-refractivity contribution in [3.05, 3.63) is 64.4 Å². The average Bonchev–Trinajstić information content (AvgIpc) is 3.08. The van der Waals surface area contributed by atoms with E-state index in [1.165, 1.54) is 21.9 Å². The molecule has 2 aromatic carbocycles. The van der Waals surface area contributed by atoms with Crippen molar-refractivity contribution in [2.75, 3.05) is 16.4 Å². The molecule has 4 rings (SSSR count). The van der Waals surface area contributed by atoms with Gasteiger partial charge in [0.25, 0.3) is 0 Å². The van der Waals surface area contributed by atoms with Crippen molar-refractivity contribution in [3.63, 3.8) is 0 Å². The lowest BCUT2D eigenvalue weighted by Gasteiger charge is -2.23. The first-order valence-corrected chi connectivity index (χ1v) is 11.3. The van der Waals surface area contributed by atoms with Crippen LogP contribution in [0.3, 0.4) is 0 Å². The number of carbonyl (C=O) groups excluding carboxylic acids is 1. The average molecular weight is 423 g/mol.